The molecule has 6 nitrogen and oxygen atoms in total. The molecule has 1 aliphatic heterocycles. The molecule has 0 saturated heterocycles. The Labute approximate surface area is 150 Å². The van der Waals surface area contributed by atoms with Crippen molar-refractivity contribution in [2.24, 2.45) is 5.92 Å². The Balaban J connectivity index is 1.85. The molecule has 0 aromatic heterocycles. The zero-order valence-electron chi connectivity index (χ0n) is 15.2. The van der Waals surface area contributed by atoms with E-state index < -0.39 is 10.0 Å². The van der Waals surface area contributed by atoms with E-state index in [9.17, 15) is 13.2 Å². The molecule has 1 aromatic rings. The van der Waals surface area contributed by atoms with Gasteiger partial charge in [0.15, 0.2) is 0 Å². The second kappa shape index (κ2) is 8.67. The normalized spacial score (nSPS) is 15.0. The van der Waals surface area contributed by atoms with Crippen molar-refractivity contribution in [1.29, 1.82) is 0 Å². The van der Waals surface area contributed by atoms with Gasteiger partial charge < -0.3 is 10.1 Å². The minimum absolute atomic E-state index is 0.0201. The molecule has 1 N–H and O–H groups in total. The highest BCUT2D eigenvalue weighted by atomic mass is 32.2. The summed E-state index contributed by atoms with van der Waals surface area (Å²) in [4.78, 5) is 11.6. The third-order valence-corrected chi connectivity index (χ3v) is 6.18. The minimum Gasteiger partial charge on any atom is -0.497 e. The number of ether oxygens (including phenoxy) is 1. The summed E-state index contributed by atoms with van der Waals surface area (Å²) in [7, 11) is -1.69. The van der Waals surface area contributed by atoms with Gasteiger partial charge in [0.05, 0.1) is 12.9 Å². The van der Waals surface area contributed by atoms with Crippen LogP contribution in [-0.2, 0) is 27.8 Å². The van der Waals surface area contributed by atoms with E-state index in [1.165, 1.54) is 4.31 Å². The number of amides is 1. The average molecular weight is 368 g/mol. The van der Waals surface area contributed by atoms with Crippen LogP contribution in [0.3, 0.4) is 0 Å². The number of rotatable bonds is 8. The van der Waals surface area contributed by atoms with Crippen LogP contribution in [0.25, 0.3) is 0 Å². The summed E-state index contributed by atoms with van der Waals surface area (Å²) in [6.07, 6.45) is 1.59. The molecule has 140 valence electrons. The smallest absolute Gasteiger partial charge is 0.220 e. The van der Waals surface area contributed by atoms with Crippen LogP contribution >= 0.6 is 0 Å². The first-order valence-electron chi connectivity index (χ1n) is 8.72. The standard InChI is InChI=1S/C18H28N2O4S/c1-14(2)11-18(21)19-8-4-10-25(22,23)20-9-7-15-12-17(24-3)6-5-16(15)13-20/h5-6,12,14H,4,7-11,13H2,1-3H3,(H,19,21). The number of carbonyl (C=O) groups excluding carboxylic acids is 1. The van der Waals surface area contributed by atoms with Crippen molar-refractivity contribution in [2.75, 3.05) is 26.0 Å². The zero-order valence-corrected chi connectivity index (χ0v) is 16.1. The lowest BCUT2D eigenvalue weighted by atomic mass is 10.0. The highest BCUT2D eigenvalue weighted by Crippen LogP contribution is 2.25. The Morgan fingerprint density at radius 3 is 2.76 bits per heavy atom. The molecule has 1 amide bonds. The predicted octanol–water partition coefficient (Wildman–Crippen LogP) is 1.94. The van der Waals surface area contributed by atoms with Gasteiger partial charge in [-0.3, -0.25) is 4.79 Å². The van der Waals surface area contributed by atoms with Crippen molar-refractivity contribution in [3.63, 3.8) is 0 Å². The molecular weight excluding hydrogens is 340 g/mol. The van der Waals surface area contributed by atoms with E-state index in [0.29, 0.717) is 44.8 Å². The van der Waals surface area contributed by atoms with Crippen LogP contribution in [0.1, 0.15) is 37.8 Å². The lowest BCUT2D eigenvalue weighted by molar-refractivity contribution is -0.121. The van der Waals surface area contributed by atoms with E-state index in [2.05, 4.69) is 5.32 Å². The Kier molecular flexibility index (Phi) is 6.84. The van der Waals surface area contributed by atoms with Gasteiger partial charge in [0.25, 0.3) is 0 Å². The number of nitrogens with one attached hydrogen (secondary N) is 1. The zero-order chi connectivity index (χ0) is 18.4. The predicted molar refractivity (Wildman–Crippen MR) is 98.0 cm³/mol. The van der Waals surface area contributed by atoms with Gasteiger partial charge in [-0.2, -0.15) is 4.31 Å². The van der Waals surface area contributed by atoms with Gasteiger partial charge in [-0.1, -0.05) is 19.9 Å². The number of carbonyl (C=O) groups is 1. The molecule has 1 aromatic carbocycles. The second-order valence-corrected chi connectivity index (χ2v) is 8.92. The SMILES string of the molecule is COc1ccc2c(c1)CCN(S(=O)(=O)CCCNC(=O)CC(C)C)C2. The van der Waals surface area contributed by atoms with Gasteiger partial charge in [-0.05, 0) is 42.0 Å². The van der Waals surface area contributed by atoms with E-state index in [0.717, 1.165) is 16.9 Å². The van der Waals surface area contributed by atoms with Crippen LogP contribution in [-0.4, -0.2) is 44.6 Å². The minimum atomic E-state index is -3.31. The summed E-state index contributed by atoms with van der Waals surface area (Å²) < 4.78 is 31.8. The summed E-state index contributed by atoms with van der Waals surface area (Å²) in [5.74, 6) is 1.14. The summed E-state index contributed by atoms with van der Waals surface area (Å²) in [6.45, 7) is 5.25. The molecular formula is C18H28N2O4S. The highest BCUT2D eigenvalue weighted by Gasteiger charge is 2.26. The molecule has 1 aliphatic rings. The molecule has 0 atom stereocenters. The Morgan fingerprint density at radius 1 is 1.32 bits per heavy atom. The van der Waals surface area contributed by atoms with Gasteiger partial charge in [0.2, 0.25) is 15.9 Å². The Morgan fingerprint density at radius 2 is 2.08 bits per heavy atom. The number of benzene rings is 1. The van der Waals surface area contributed by atoms with Crippen LogP contribution in [0.15, 0.2) is 18.2 Å². The maximum Gasteiger partial charge on any atom is 0.220 e. The Bertz CT molecular complexity index is 701. The quantitative estimate of drug-likeness (QED) is 0.712. The van der Waals surface area contributed by atoms with E-state index >= 15 is 0 Å². The first-order valence-corrected chi connectivity index (χ1v) is 10.3. The van der Waals surface area contributed by atoms with Crippen LogP contribution in [0.2, 0.25) is 0 Å². The van der Waals surface area contributed by atoms with Crippen LogP contribution < -0.4 is 10.1 Å². The fourth-order valence-corrected chi connectivity index (χ4v) is 4.39. The molecule has 0 unspecified atom stereocenters. The molecule has 0 radical (unpaired) electrons. The molecule has 7 heteroatoms. The van der Waals surface area contributed by atoms with Crippen molar-refractivity contribution in [2.45, 2.75) is 39.7 Å². The third kappa shape index (κ3) is 5.71. The topological polar surface area (TPSA) is 75.7 Å². The lowest BCUT2D eigenvalue weighted by Crippen LogP contribution is -2.38. The van der Waals surface area contributed by atoms with Crippen LogP contribution in [0.5, 0.6) is 5.75 Å². The van der Waals surface area contributed by atoms with Crippen LogP contribution in [0.4, 0.5) is 0 Å². The largest absolute Gasteiger partial charge is 0.497 e. The number of hydrogen-bond donors (Lipinski definition) is 1. The van der Waals surface area contributed by atoms with E-state index in [4.69, 9.17) is 4.74 Å². The van der Waals surface area contributed by atoms with Crippen LogP contribution in [0, 0.1) is 5.92 Å². The number of hydrogen-bond acceptors (Lipinski definition) is 4. The number of fused-ring (bicyclic) bond motifs is 1. The van der Waals surface area contributed by atoms with Gasteiger partial charge in [-0.15, -0.1) is 0 Å². The molecule has 0 aliphatic carbocycles. The van der Waals surface area contributed by atoms with Crippen molar-refractivity contribution in [1.82, 2.24) is 9.62 Å². The number of nitrogens with zero attached hydrogens (tertiary/aromatic N) is 1. The first-order chi connectivity index (χ1) is 11.8. The van der Waals surface area contributed by atoms with Crippen molar-refractivity contribution in [3.05, 3.63) is 29.3 Å². The Hall–Kier alpha value is -1.60. The van der Waals surface area contributed by atoms with Crippen molar-refractivity contribution in [3.8, 4) is 5.75 Å². The van der Waals surface area contributed by atoms with E-state index in [1.54, 1.807) is 7.11 Å². The second-order valence-electron chi connectivity index (χ2n) is 6.84. The van der Waals surface area contributed by atoms with E-state index in [-0.39, 0.29) is 11.7 Å². The summed E-state index contributed by atoms with van der Waals surface area (Å²) in [5, 5.41) is 2.78. The van der Waals surface area contributed by atoms with Crippen molar-refractivity contribution >= 4 is 15.9 Å². The fraction of sp³-hybridized carbons (Fsp3) is 0.611. The molecule has 0 fully saturated rings. The molecule has 25 heavy (non-hydrogen) atoms. The van der Waals surface area contributed by atoms with Gasteiger partial charge in [0, 0.05) is 26.1 Å². The average Bonchev–Trinajstić information content (AvgIpc) is 2.57. The molecule has 0 bridgehead atoms. The maximum absolute atomic E-state index is 12.5. The first kappa shape index (κ1) is 19.7. The van der Waals surface area contributed by atoms with E-state index in [1.807, 2.05) is 32.0 Å². The molecule has 0 spiro atoms. The summed E-state index contributed by atoms with van der Waals surface area (Å²) in [6, 6.07) is 5.77. The highest BCUT2D eigenvalue weighted by molar-refractivity contribution is 7.89. The van der Waals surface area contributed by atoms with Gasteiger partial charge >= 0.3 is 0 Å². The van der Waals surface area contributed by atoms with Gasteiger partial charge in [-0.25, -0.2) is 8.42 Å². The summed E-state index contributed by atoms with van der Waals surface area (Å²) in [5.41, 5.74) is 2.17. The van der Waals surface area contributed by atoms with Gasteiger partial charge in [0.1, 0.15) is 5.75 Å². The molecule has 0 saturated carbocycles. The summed E-state index contributed by atoms with van der Waals surface area (Å²) >= 11 is 0. The maximum atomic E-state index is 12.5. The molecule has 2 rings (SSSR count). The fourth-order valence-electron chi connectivity index (χ4n) is 2.92. The van der Waals surface area contributed by atoms with Crippen molar-refractivity contribution < 1.29 is 17.9 Å². The number of sulfonamides is 1. The number of methoxy groups -OCH3 is 1. The lowest BCUT2D eigenvalue weighted by Gasteiger charge is -2.28. The third-order valence-electron chi connectivity index (χ3n) is 4.28. The monoisotopic (exact) mass is 368 g/mol. The molecule has 1 heterocycles.